The third kappa shape index (κ3) is 3.35. The monoisotopic (exact) mass is 298 g/mol. The van der Waals surface area contributed by atoms with Crippen molar-refractivity contribution >= 4 is 17.5 Å². The smallest absolute Gasteiger partial charge is 0.219 e. The Bertz CT molecular complexity index is 499. The summed E-state index contributed by atoms with van der Waals surface area (Å²) in [6.45, 7) is 5.18. The molecule has 0 aromatic heterocycles. The van der Waals surface area contributed by atoms with Gasteiger partial charge in [0.25, 0.3) is 0 Å². The maximum absolute atomic E-state index is 11.3. The molecule has 0 aliphatic carbocycles. The van der Waals surface area contributed by atoms with Gasteiger partial charge in [0.15, 0.2) is 11.5 Å². The lowest BCUT2D eigenvalue weighted by Crippen LogP contribution is -2.47. The zero-order valence-electron chi connectivity index (χ0n) is 11.7. The summed E-state index contributed by atoms with van der Waals surface area (Å²) in [7, 11) is 1.50. The second kappa shape index (κ2) is 6.33. The van der Waals surface area contributed by atoms with Crippen LogP contribution in [0.15, 0.2) is 12.1 Å². The van der Waals surface area contributed by atoms with Gasteiger partial charge in [-0.25, -0.2) is 0 Å². The molecule has 1 aromatic rings. The lowest BCUT2D eigenvalue weighted by Gasteiger charge is -2.34. The van der Waals surface area contributed by atoms with Gasteiger partial charge in [-0.15, -0.1) is 0 Å². The first-order valence-corrected chi connectivity index (χ1v) is 6.92. The van der Waals surface area contributed by atoms with Crippen molar-refractivity contribution in [3.05, 3.63) is 22.7 Å². The SMILES string of the molecule is COc1cc(Cl)cc(CN2CCN(C(C)=O)CC2)c1O. The molecule has 1 heterocycles. The van der Waals surface area contributed by atoms with Crippen molar-refractivity contribution < 1.29 is 14.6 Å². The number of piperazine rings is 1. The Hall–Kier alpha value is -1.46. The van der Waals surface area contributed by atoms with Gasteiger partial charge in [-0.2, -0.15) is 0 Å². The van der Waals surface area contributed by atoms with Gasteiger partial charge in [-0.05, 0) is 6.07 Å². The van der Waals surface area contributed by atoms with E-state index in [-0.39, 0.29) is 11.7 Å². The van der Waals surface area contributed by atoms with Crippen molar-refractivity contribution in [2.24, 2.45) is 0 Å². The van der Waals surface area contributed by atoms with E-state index in [2.05, 4.69) is 4.90 Å². The fourth-order valence-corrected chi connectivity index (χ4v) is 2.60. The number of methoxy groups -OCH3 is 1. The van der Waals surface area contributed by atoms with E-state index in [1.165, 1.54) is 7.11 Å². The van der Waals surface area contributed by atoms with Crippen LogP contribution in [-0.2, 0) is 11.3 Å². The summed E-state index contributed by atoms with van der Waals surface area (Å²) in [6, 6.07) is 3.34. The number of rotatable bonds is 3. The van der Waals surface area contributed by atoms with Gasteiger partial charge in [0.05, 0.1) is 7.11 Å². The van der Waals surface area contributed by atoms with E-state index < -0.39 is 0 Å². The second-order valence-corrected chi connectivity index (χ2v) is 5.33. The average molecular weight is 299 g/mol. The van der Waals surface area contributed by atoms with E-state index in [1.54, 1.807) is 19.1 Å². The van der Waals surface area contributed by atoms with E-state index in [4.69, 9.17) is 16.3 Å². The molecule has 6 heteroatoms. The molecule has 1 aromatic carbocycles. The summed E-state index contributed by atoms with van der Waals surface area (Å²) in [5.74, 6) is 0.623. The van der Waals surface area contributed by atoms with Crippen molar-refractivity contribution in [2.45, 2.75) is 13.5 Å². The molecule has 20 heavy (non-hydrogen) atoms. The van der Waals surface area contributed by atoms with E-state index in [0.29, 0.717) is 30.4 Å². The summed E-state index contributed by atoms with van der Waals surface area (Å²) in [5.41, 5.74) is 0.741. The number of phenolic OH excluding ortho intramolecular Hbond substituents is 1. The van der Waals surface area contributed by atoms with Gasteiger partial charge >= 0.3 is 0 Å². The fraction of sp³-hybridized carbons (Fsp3) is 0.500. The number of hydrogen-bond donors (Lipinski definition) is 1. The largest absolute Gasteiger partial charge is 0.504 e. The minimum Gasteiger partial charge on any atom is -0.504 e. The molecule has 0 spiro atoms. The van der Waals surface area contributed by atoms with Gasteiger partial charge in [-0.1, -0.05) is 11.6 Å². The first-order valence-electron chi connectivity index (χ1n) is 6.54. The van der Waals surface area contributed by atoms with Crippen LogP contribution in [0.3, 0.4) is 0 Å². The number of hydrogen-bond acceptors (Lipinski definition) is 4. The van der Waals surface area contributed by atoms with Crippen LogP contribution in [0.1, 0.15) is 12.5 Å². The number of nitrogens with zero attached hydrogens (tertiary/aromatic N) is 2. The lowest BCUT2D eigenvalue weighted by atomic mass is 10.1. The highest BCUT2D eigenvalue weighted by Gasteiger charge is 2.20. The summed E-state index contributed by atoms with van der Waals surface area (Å²) in [5, 5.41) is 10.6. The highest BCUT2D eigenvalue weighted by Crippen LogP contribution is 2.34. The maximum Gasteiger partial charge on any atom is 0.219 e. The Morgan fingerprint density at radius 1 is 1.35 bits per heavy atom. The topological polar surface area (TPSA) is 53.0 Å². The minimum absolute atomic E-state index is 0.108. The molecule has 1 amide bonds. The van der Waals surface area contributed by atoms with Gasteiger partial charge in [-0.3, -0.25) is 9.69 Å². The molecule has 1 fully saturated rings. The number of aromatic hydroxyl groups is 1. The molecule has 0 saturated carbocycles. The van der Waals surface area contributed by atoms with E-state index >= 15 is 0 Å². The molecule has 0 atom stereocenters. The number of carbonyl (C=O) groups excluding carboxylic acids is 1. The Kier molecular flexibility index (Phi) is 4.73. The van der Waals surface area contributed by atoms with E-state index in [0.717, 1.165) is 18.7 Å². The molecule has 110 valence electrons. The number of ether oxygens (including phenoxy) is 1. The van der Waals surface area contributed by atoms with E-state index in [1.807, 2.05) is 4.90 Å². The van der Waals surface area contributed by atoms with Crippen LogP contribution in [0.5, 0.6) is 11.5 Å². The Balaban J connectivity index is 2.04. The Labute approximate surface area is 123 Å². The first kappa shape index (κ1) is 14.9. The predicted molar refractivity (Wildman–Crippen MR) is 77.2 cm³/mol. The summed E-state index contributed by atoms with van der Waals surface area (Å²) in [6.07, 6.45) is 0. The molecule has 5 nitrogen and oxygen atoms in total. The molecule has 0 unspecified atom stereocenters. The van der Waals surface area contributed by atoms with Crippen molar-refractivity contribution in [3.63, 3.8) is 0 Å². The summed E-state index contributed by atoms with van der Waals surface area (Å²) < 4.78 is 5.10. The summed E-state index contributed by atoms with van der Waals surface area (Å²) in [4.78, 5) is 15.3. The van der Waals surface area contributed by atoms with Gasteiger partial charge in [0, 0.05) is 56.3 Å². The van der Waals surface area contributed by atoms with Crippen molar-refractivity contribution in [3.8, 4) is 11.5 Å². The number of carbonyl (C=O) groups is 1. The fourth-order valence-electron chi connectivity index (χ4n) is 2.37. The molecule has 1 saturated heterocycles. The number of phenols is 1. The first-order chi connectivity index (χ1) is 9.51. The van der Waals surface area contributed by atoms with Crippen LogP contribution in [0.4, 0.5) is 0 Å². The van der Waals surface area contributed by atoms with Crippen LogP contribution in [0, 0.1) is 0 Å². The van der Waals surface area contributed by atoms with E-state index in [9.17, 15) is 9.90 Å². The highest BCUT2D eigenvalue weighted by atomic mass is 35.5. The third-order valence-electron chi connectivity index (χ3n) is 3.55. The second-order valence-electron chi connectivity index (χ2n) is 4.90. The normalized spacial score (nSPS) is 16.2. The number of benzene rings is 1. The highest BCUT2D eigenvalue weighted by molar-refractivity contribution is 6.30. The quantitative estimate of drug-likeness (QED) is 0.923. The van der Waals surface area contributed by atoms with Crippen LogP contribution < -0.4 is 4.74 Å². The van der Waals surface area contributed by atoms with Crippen molar-refractivity contribution in [1.82, 2.24) is 9.80 Å². The van der Waals surface area contributed by atoms with Crippen molar-refractivity contribution in [2.75, 3.05) is 33.3 Å². The number of halogens is 1. The Morgan fingerprint density at radius 2 is 2.00 bits per heavy atom. The number of amides is 1. The zero-order chi connectivity index (χ0) is 14.7. The average Bonchev–Trinajstić information content (AvgIpc) is 2.43. The molecule has 1 aliphatic rings. The Morgan fingerprint density at radius 3 is 2.55 bits per heavy atom. The van der Waals surface area contributed by atoms with Gasteiger partial charge in [0.2, 0.25) is 5.91 Å². The van der Waals surface area contributed by atoms with Crippen LogP contribution in [0.25, 0.3) is 0 Å². The standard InChI is InChI=1S/C14H19ClN2O3/c1-10(18)17-5-3-16(4-6-17)9-11-7-12(15)8-13(20-2)14(11)19/h7-8,19H,3-6,9H2,1-2H3. The molecule has 0 radical (unpaired) electrons. The molecule has 1 aliphatic heterocycles. The van der Waals surface area contributed by atoms with Crippen LogP contribution >= 0.6 is 11.6 Å². The third-order valence-corrected chi connectivity index (χ3v) is 3.77. The molecular weight excluding hydrogens is 280 g/mol. The van der Waals surface area contributed by atoms with Crippen molar-refractivity contribution in [1.29, 1.82) is 0 Å². The zero-order valence-corrected chi connectivity index (χ0v) is 12.5. The predicted octanol–water partition coefficient (Wildman–Crippen LogP) is 1.72. The summed E-state index contributed by atoms with van der Waals surface area (Å²) >= 11 is 6.02. The maximum atomic E-state index is 11.3. The molecule has 0 bridgehead atoms. The lowest BCUT2D eigenvalue weighted by molar-refractivity contribution is -0.130. The van der Waals surface area contributed by atoms with Gasteiger partial charge in [0.1, 0.15) is 0 Å². The minimum atomic E-state index is 0.108. The molecule has 2 rings (SSSR count). The van der Waals surface area contributed by atoms with Crippen LogP contribution in [-0.4, -0.2) is 54.1 Å². The molecular formula is C14H19ClN2O3. The van der Waals surface area contributed by atoms with Gasteiger partial charge < -0.3 is 14.7 Å². The van der Waals surface area contributed by atoms with Crippen LogP contribution in [0.2, 0.25) is 5.02 Å². The molecule has 1 N–H and O–H groups in total.